The maximum Gasteiger partial charge on any atom is 0.418 e. The van der Waals surface area contributed by atoms with Gasteiger partial charge < -0.3 is 19.5 Å². The van der Waals surface area contributed by atoms with E-state index in [0.29, 0.717) is 0 Å². The number of anilines is 1. The summed E-state index contributed by atoms with van der Waals surface area (Å²) in [6, 6.07) is 6.17. The summed E-state index contributed by atoms with van der Waals surface area (Å²) in [7, 11) is 2.48. The molecular weight excluding hydrogens is 413 g/mol. The highest BCUT2D eigenvalue weighted by Crippen LogP contribution is 2.35. The molecule has 160 valence electrons. The molecule has 0 aromatic heterocycles. The van der Waals surface area contributed by atoms with Crippen LogP contribution in [0.4, 0.5) is 24.5 Å². The molecule has 0 aliphatic heterocycles. The van der Waals surface area contributed by atoms with Crippen LogP contribution in [0.1, 0.15) is 15.9 Å². The van der Waals surface area contributed by atoms with E-state index in [4.69, 9.17) is 14.2 Å². The van der Waals surface area contributed by atoms with E-state index in [-0.39, 0.29) is 11.5 Å². The van der Waals surface area contributed by atoms with Gasteiger partial charge in [0.1, 0.15) is 5.56 Å². The molecule has 0 aliphatic rings. The number of carbonyl (C=O) groups is 2. The minimum atomic E-state index is -4.71. The molecule has 2 rings (SSSR count). The lowest BCUT2D eigenvalue weighted by molar-refractivity contribution is -0.385. The Kier molecular flexibility index (Phi) is 6.82. The van der Waals surface area contributed by atoms with Crippen LogP contribution in [0, 0.1) is 10.1 Å². The first-order valence-corrected chi connectivity index (χ1v) is 8.12. The number of carbonyl (C=O) groups excluding carboxylic acids is 2. The Bertz CT molecular complexity index is 977. The molecule has 2 aromatic carbocycles. The number of para-hydroxylation sites is 1. The zero-order chi connectivity index (χ0) is 22.5. The van der Waals surface area contributed by atoms with Crippen LogP contribution < -0.4 is 14.8 Å². The number of halogens is 3. The average Bonchev–Trinajstić information content (AvgIpc) is 2.70. The van der Waals surface area contributed by atoms with Crippen molar-refractivity contribution in [3.05, 3.63) is 57.6 Å². The van der Waals surface area contributed by atoms with Gasteiger partial charge in [-0.2, -0.15) is 13.2 Å². The van der Waals surface area contributed by atoms with Gasteiger partial charge in [0.2, 0.25) is 0 Å². The maximum absolute atomic E-state index is 13.0. The fourth-order valence-electron chi connectivity index (χ4n) is 2.42. The van der Waals surface area contributed by atoms with E-state index in [1.807, 2.05) is 5.32 Å². The number of ether oxygens (including phenoxy) is 3. The van der Waals surface area contributed by atoms with Crippen molar-refractivity contribution in [2.75, 3.05) is 26.1 Å². The number of amides is 1. The molecule has 0 spiro atoms. The number of alkyl halides is 3. The first kappa shape index (κ1) is 22.5. The topological polar surface area (TPSA) is 117 Å². The summed E-state index contributed by atoms with van der Waals surface area (Å²) >= 11 is 0. The van der Waals surface area contributed by atoms with E-state index >= 15 is 0 Å². The summed E-state index contributed by atoms with van der Waals surface area (Å²) in [5, 5.41) is 13.2. The minimum absolute atomic E-state index is 0.00129. The number of nitro benzene ring substituents is 1. The molecule has 0 fully saturated rings. The van der Waals surface area contributed by atoms with Crippen molar-refractivity contribution in [2.45, 2.75) is 6.18 Å². The Morgan fingerprint density at radius 1 is 1.10 bits per heavy atom. The number of hydrogen-bond acceptors (Lipinski definition) is 7. The summed E-state index contributed by atoms with van der Waals surface area (Å²) in [5.41, 5.74) is -2.80. The predicted molar refractivity (Wildman–Crippen MR) is 96.6 cm³/mol. The normalized spacial score (nSPS) is 10.8. The van der Waals surface area contributed by atoms with Crippen LogP contribution in [0.25, 0.3) is 0 Å². The lowest BCUT2D eigenvalue weighted by Gasteiger charge is -2.14. The summed E-state index contributed by atoms with van der Waals surface area (Å²) in [5.74, 6) is -2.33. The quantitative estimate of drug-likeness (QED) is 0.408. The second kappa shape index (κ2) is 9.11. The molecule has 2 aromatic rings. The first-order valence-electron chi connectivity index (χ1n) is 8.12. The van der Waals surface area contributed by atoms with Gasteiger partial charge >= 0.3 is 12.1 Å². The van der Waals surface area contributed by atoms with Crippen LogP contribution in [0.5, 0.6) is 11.5 Å². The zero-order valence-electron chi connectivity index (χ0n) is 15.6. The molecule has 0 heterocycles. The third-order valence-corrected chi connectivity index (χ3v) is 3.76. The molecule has 0 aliphatic carbocycles. The van der Waals surface area contributed by atoms with Crippen LogP contribution in [0.3, 0.4) is 0 Å². The van der Waals surface area contributed by atoms with E-state index in [9.17, 15) is 32.9 Å². The van der Waals surface area contributed by atoms with Gasteiger partial charge in [-0.25, -0.2) is 4.79 Å². The van der Waals surface area contributed by atoms with E-state index in [1.165, 1.54) is 20.3 Å². The second-order valence-corrected chi connectivity index (χ2v) is 5.65. The number of nitrogens with zero attached hydrogens (tertiary/aromatic N) is 1. The van der Waals surface area contributed by atoms with Gasteiger partial charge in [-0.15, -0.1) is 0 Å². The second-order valence-electron chi connectivity index (χ2n) is 5.65. The summed E-state index contributed by atoms with van der Waals surface area (Å²) in [6.45, 7) is -0.976. The van der Waals surface area contributed by atoms with E-state index < -0.39 is 52.1 Å². The lowest BCUT2D eigenvalue weighted by Crippen LogP contribution is -2.23. The zero-order valence-corrected chi connectivity index (χ0v) is 15.6. The Balaban J connectivity index is 2.17. The van der Waals surface area contributed by atoms with E-state index in [1.54, 1.807) is 0 Å². The largest absolute Gasteiger partial charge is 0.493 e. The first-order chi connectivity index (χ1) is 14.1. The number of hydrogen-bond donors (Lipinski definition) is 1. The number of rotatable bonds is 7. The van der Waals surface area contributed by atoms with Crippen LogP contribution in [-0.2, 0) is 15.7 Å². The Hall–Kier alpha value is -3.83. The highest BCUT2D eigenvalue weighted by molar-refractivity contribution is 5.98. The van der Waals surface area contributed by atoms with Gasteiger partial charge in [0.25, 0.3) is 11.6 Å². The molecule has 1 amide bonds. The SMILES string of the molecule is COc1cc(C(=O)OCC(=O)Nc2ccccc2C(F)(F)F)c([N+](=O)[O-])cc1OC. The maximum atomic E-state index is 13.0. The highest BCUT2D eigenvalue weighted by Gasteiger charge is 2.33. The van der Waals surface area contributed by atoms with Crippen molar-refractivity contribution in [3.63, 3.8) is 0 Å². The van der Waals surface area contributed by atoms with Crippen LogP contribution in [-0.4, -0.2) is 37.6 Å². The van der Waals surface area contributed by atoms with Crippen molar-refractivity contribution in [1.82, 2.24) is 0 Å². The van der Waals surface area contributed by atoms with Gasteiger partial charge in [-0.3, -0.25) is 14.9 Å². The van der Waals surface area contributed by atoms with E-state index in [2.05, 4.69) is 0 Å². The number of esters is 1. The molecule has 0 atom stereocenters. The Labute approximate surface area is 167 Å². The Morgan fingerprint density at radius 2 is 1.70 bits per heavy atom. The minimum Gasteiger partial charge on any atom is -0.493 e. The van der Waals surface area contributed by atoms with Crippen LogP contribution >= 0.6 is 0 Å². The molecule has 30 heavy (non-hydrogen) atoms. The van der Waals surface area contributed by atoms with Crippen molar-refractivity contribution in [1.29, 1.82) is 0 Å². The summed E-state index contributed by atoms with van der Waals surface area (Å²) in [4.78, 5) is 34.5. The molecular formula is C18H15F3N2O7. The average molecular weight is 428 g/mol. The predicted octanol–water partition coefficient (Wildman–Crippen LogP) is 3.43. The number of benzene rings is 2. The molecule has 1 N–H and O–H groups in total. The fourth-order valence-corrected chi connectivity index (χ4v) is 2.42. The monoisotopic (exact) mass is 428 g/mol. The fraction of sp³-hybridized carbons (Fsp3) is 0.222. The van der Waals surface area contributed by atoms with Gasteiger partial charge in [-0.1, -0.05) is 12.1 Å². The number of nitro groups is 1. The molecule has 0 unspecified atom stereocenters. The smallest absolute Gasteiger partial charge is 0.418 e. The molecule has 9 nitrogen and oxygen atoms in total. The van der Waals surface area contributed by atoms with Gasteiger partial charge in [0, 0.05) is 6.07 Å². The van der Waals surface area contributed by atoms with Crippen molar-refractivity contribution >= 4 is 23.3 Å². The van der Waals surface area contributed by atoms with Crippen molar-refractivity contribution in [2.24, 2.45) is 0 Å². The molecule has 0 saturated carbocycles. The van der Waals surface area contributed by atoms with Crippen LogP contribution in [0.2, 0.25) is 0 Å². The lowest BCUT2D eigenvalue weighted by atomic mass is 10.1. The van der Waals surface area contributed by atoms with Gasteiger partial charge in [0.15, 0.2) is 18.1 Å². The van der Waals surface area contributed by atoms with Crippen LogP contribution in [0.15, 0.2) is 36.4 Å². The molecule has 0 saturated heterocycles. The third kappa shape index (κ3) is 5.16. The van der Waals surface area contributed by atoms with E-state index in [0.717, 1.165) is 30.3 Å². The summed E-state index contributed by atoms with van der Waals surface area (Å²) < 4.78 is 53.5. The third-order valence-electron chi connectivity index (χ3n) is 3.76. The van der Waals surface area contributed by atoms with Crippen molar-refractivity contribution < 1.29 is 41.9 Å². The Morgan fingerprint density at radius 3 is 2.27 bits per heavy atom. The molecule has 0 radical (unpaired) electrons. The highest BCUT2D eigenvalue weighted by atomic mass is 19.4. The standard InChI is InChI=1S/C18H15F3N2O7/c1-28-14-7-10(13(23(26)27)8-15(14)29-2)17(25)30-9-16(24)22-12-6-4-3-5-11(12)18(19,20)21/h3-8H,9H2,1-2H3,(H,22,24). The van der Waals surface area contributed by atoms with Crippen molar-refractivity contribution in [3.8, 4) is 11.5 Å². The van der Waals surface area contributed by atoms with Gasteiger partial charge in [0.05, 0.1) is 36.5 Å². The molecule has 12 heteroatoms. The summed E-state index contributed by atoms with van der Waals surface area (Å²) in [6.07, 6.45) is -4.71. The molecule has 0 bridgehead atoms. The van der Waals surface area contributed by atoms with Gasteiger partial charge in [-0.05, 0) is 12.1 Å². The number of methoxy groups -OCH3 is 2. The number of nitrogens with one attached hydrogen (secondary N) is 1.